The van der Waals surface area contributed by atoms with Crippen LogP contribution in [0.1, 0.15) is 10.4 Å². The van der Waals surface area contributed by atoms with Crippen LogP contribution in [0, 0.1) is 0 Å². The first kappa shape index (κ1) is 8.62. The van der Waals surface area contributed by atoms with E-state index in [9.17, 15) is 9.90 Å². The number of ether oxygens (including phenoxy) is 1. The quantitative estimate of drug-likeness (QED) is 0.751. The molecule has 1 heterocycles. The predicted molar refractivity (Wildman–Crippen MR) is 49.2 cm³/mol. The highest BCUT2D eigenvalue weighted by Crippen LogP contribution is 2.27. The summed E-state index contributed by atoms with van der Waals surface area (Å²) < 4.78 is 5.07. The van der Waals surface area contributed by atoms with E-state index in [0.717, 1.165) is 5.52 Å². The van der Waals surface area contributed by atoms with E-state index in [1.54, 1.807) is 18.2 Å². The third-order valence-corrected chi connectivity index (χ3v) is 2.11. The van der Waals surface area contributed by atoms with Gasteiger partial charge in [-0.15, -0.1) is 0 Å². The largest absolute Gasteiger partial charge is 0.545 e. The molecule has 0 aliphatic carbocycles. The van der Waals surface area contributed by atoms with E-state index in [-0.39, 0.29) is 5.56 Å². The number of methoxy groups -OCH3 is 1. The summed E-state index contributed by atoms with van der Waals surface area (Å²) in [6.07, 6.45) is 1.41. The Morgan fingerprint density at radius 1 is 1.50 bits per heavy atom. The average Bonchev–Trinajstić information content (AvgIpc) is 2.60. The maximum atomic E-state index is 10.8. The van der Waals surface area contributed by atoms with Gasteiger partial charge in [0.15, 0.2) is 0 Å². The summed E-state index contributed by atoms with van der Waals surface area (Å²) in [5.41, 5.74) is 0.848. The van der Waals surface area contributed by atoms with Crippen molar-refractivity contribution in [1.82, 2.24) is 4.98 Å². The highest BCUT2D eigenvalue weighted by atomic mass is 16.5. The van der Waals surface area contributed by atoms with Crippen molar-refractivity contribution in [2.75, 3.05) is 7.11 Å². The molecule has 4 nitrogen and oxygen atoms in total. The summed E-state index contributed by atoms with van der Waals surface area (Å²) in [6, 6.07) is 5.28. The Kier molecular flexibility index (Phi) is 1.89. The number of hydrogen-bond donors (Lipinski definition) is 1. The molecule has 14 heavy (non-hydrogen) atoms. The maximum absolute atomic E-state index is 10.8. The van der Waals surface area contributed by atoms with Gasteiger partial charge < -0.3 is 19.6 Å². The monoisotopic (exact) mass is 190 g/mol. The van der Waals surface area contributed by atoms with Crippen LogP contribution in [0.3, 0.4) is 0 Å². The molecular weight excluding hydrogens is 182 g/mol. The van der Waals surface area contributed by atoms with Crippen molar-refractivity contribution in [2.45, 2.75) is 0 Å². The fourth-order valence-corrected chi connectivity index (χ4v) is 1.48. The van der Waals surface area contributed by atoms with Crippen LogP contribution in [-0.4, -0.2) is 18.1 Å². The number of aromatic nitrogens is 1. The van der Waals surface area contributed by atoms with Crippen LogP contribution >= 0.6 is 0 Å². The fourth-order valence-electron chi connectivity index (χ4n) is 1.48. The van der Waals surface area contributed by atoms with Crippen molar-refractivity contribution in [3.05, 3.63) is 30.0 Å². The third-order valence-electron chi connectivity index (χ3n) is 2.11. The van der Waals surface area contributed by atoms with Crippen LogP contribution in [0.15, 0.2) is 24.4 Å². The number of hydrogen-bond acceptors (Lipinski definition) is 3. The lowest BCUT2D eigenvalue weighted by molar-refractivity contribution is -0.254. The van der Waals surface area contributed by atoms with Gasteiger partial charge in [-0.2, -0.15) is 0 Å². The number of aromatic carboxylic acids is 1. The van der Waals surface area contributed by atoms with Gasteiger partial charge in [-0.1, -0.05) is 6.07 Å². The molecule has 2 aromatic rings. The van der Waals surface area contributed by atoms with Crippen LogP contribution in [-0.2, 0) is 0 Å². The Labute approximate surface area is 80.1 Å². The van der Waals surface area contributed by atoms with Crippen molar-refractivity contribution in [1.29, 1.82) is 0 Å². The maximum Gasteiger partial charge on any atom is 0.128 e. The van der Waals surface area contributed by atoms with Crippen molar-refractivity contribution >= 4 is 16.9 Å². The molecular formula is C10H8NO3-. The number of carbonyl (C=O) groups is 1. The zero-order valence-electron chi connectivity index (χ0n) is 7.53. The standard InChI is InChI=1S/C10H9NO3/c1-14-8-4-2-3-7-9(8)6(5-11-7)10(12)13/h2-5,11H,1H3,(H,12,13)/p-1. The lowest BCUT2D eigenvalue weighted by Crippen LogP contribution is -2.21. The summed E-state index contributed by atoms with van der Waals surface area (Å²) in [4.78, 5) is 13.6. The second kappa shape index (κ2) is 3.06. The molecule has 0 saturated carbocycles. The zero-order chi connectivity index (χ0) is 10.1. The Balaban J connectivity index is 2.81. The number of carboxylic acids is 1. The van der Waals surface area contributed by atoms with E-state index < -0.39 is 5.97 Å². The van der Waals surface area contributed by atoms with Crippen LogP contribution in [0.4, 0.5) is 0 Å². The van der Waals surface area contributed by atoms with E-state index in [4.69, 9.17) is 4.74 Å². The number of H-pyrrole nitrogens is 1. The summed E-state index contributed by atoms with van der Waals surface area (Å²) in [5.74, 6) is -0.677. The van der Waals surface area contributed by atoms with Crippen LogP contribution in [0.2, 0.25) is 0 Å². The molecule has 1 N–H and O–H groups in total. The summed E-state index contributed by atoms with van der Waals surface area (Å²) >= 11 is 0. The molecule has 72 valence electrons. The van der Waals surface area contributed by atoms with Gasteiger partial charge in [-0.3, -0.25) is 0 Å². The van der Waals surface area contributed by atoms with Gasteiger partial charge in [0.25, 0.3) is 0 Å². The number of fused-ring (bicyclic) bond motifs is 1. The molecule has 0 bridgehead atoms. The van der Waals surface area contributed by atoms with Crippen LogP contribution in [0.25, 0.3) is 10.9 Å². The van der Waals surface area contributed by atoms with E-state index in [1.807, 2.05) is 0 Å². The Morgan fingerprint density at radius 3 is 2.93 bits per heavy atom. The molecule has 0 amide bonds. The van der Waals surface area contributed by atoms with Crippen LogP contribution < -0.4 is 9.84 Å². The van der Waals surface area contributed by atoms with Crippen molar-refractivity contribution in [3.8, 4) is 5.75 Å². The van der Waals surface area contributed by atoms with Crippen molar-refractivity contribution in [3.63, 3.8) is 0 Å². The average molecular weight is 190 g/mol. The summed E-state index contributed by atoms with van der Waals surface area (Å²) in [6.45, 7) is 0. The second-order valence-electron chi connectivity index (χ2n) is 2.87. The first-order chi connectivity index (χ1) is 6.74. The smallest absolute Gasteiger partial charge is 0.128 e. The number of carboxylic acid groups (broad SMARTS) is 1. The minimum Gasteiger partial charge on any atom is -0.545 e. The number of nitrogens with one attached hydrogen (secondary N) is 1. The van der Waals surface area contributed by atoms with E-state index in [2.05, 4.69) is 4.98 Å². The molecule has 0 aliphatic heterocycles. The van der Waals surface area contributed by atoms with E-state index in [1.165, 1.54) is 13.3 Å². The van der Waals surface area contributed by atoms with Crippen LogP contribution in [0.5, 0.6) is 5.75 Å². The molecule has 1 aromatic carbocycles. The molecule has 0 atom stereocenters. The minimum atomic E-state index is -1.21. The molecule has 1 aromatic heterocycles. The number of rotatable bonds is 2. The molecule has 0 unspecified atom stereocenters. The van der Waals surface area contributed by atoms with Gasteiger partial charge in [0, 0.05) is 17.3 Å². The number of carbonyl (C=O) groups excluding carboxylic acids is 1. The molecule has 2 rings (SSSR count). The Bertz CT molecular complexity index is 487. The first-order valence-corrected chi connectivity index (χ1v) is 4.09. The minimum absolute atomic E-state index is 0.123. The second-order valence-corrected chi connectivity index (χ2v) is 2.87. The molecule has 0 saturated heterocycles. The third kappa shape index (κ3) is 1.12. The van der Waals surface area contributed by atoms with Gasteiger partial charge in [0.2, 0.25) is 0 Å². The van der Waals surface area contributed by atoms with Gasteiger partial charge in [-0.25, -0.2) is 0 Å². The fraction of sp³-hybridized carbons (Fsp3) is 0.100. The topological polar surface area (TPSA) is 65.2 Å². The molecule has 0 spiro atoms. The lowest BCUT2D eigenvalue weighted by atomic mass is 10.1. The highest BCUT2D eigenvalue weighted by Gasteiger charge is 2.08. The predicted octanol–water partition coefficient (Wildman–Crippen LogP) is 0.540. The SMILES string of the molecule is COc1cccc2[nH]cc(C(=O)[O-])c12. The van der Waals surface area contributed by atoms with E-state index in [0.29, 0.717) is 11.1 Å². The lowest BCUT2D eigenvalue weighted by Gasteiger charge is -2.04. The van der Waals surface area contributed by atoms with Gasteiger partial charge in [0.05, 0.1) is 18.5 Å². The normalized spacial score (nSPS) is 10.4. The number of aromatic amines is 1. The first-order valence-electron chi connectivity index (χ1n) is 4.09. The number of benzene rings is 1. The Hall–Kier alpha value is -1.97. The Morgan fingerprint density at radius 2 is 2.29 bits per heavy atom. The summed E-state index contributed by atoms with van der Waals surface area (Å²) in [5, 5.41) is 11.3. The zero-order valence-corrected chi connectivity index (χ0v) is 7.53. The van der Waals surface area contributed by atoms with E-state index >= 15 is 0 Å². The molecule has 4 heteroatoms. The molecule has 0 fully saturated rings. The summed E-state index contributed by atoms with van der Waals surface area (Å²) in [7, 11) is 1.50. The highest BCUT2D eigenvalue weighted by molar-refractivity contribution is 6.05. The van der Waals surface area contributed by atoms with Gasteiger partial charge >= 0.3 is 0 Å². The van der Waals surface area contributed by atoms with Crippen molar-refractivity contribution < 1.29 is 14.6 Å². The van der Waals surface area contributed by atoms with Gasteiger partial charge in [0.1, 0.15) is 5.75 Å². The molecule has 0 radical (unpaired) electrons. The molecule has 0 aliphatic rings. The van der Waals surface area contributed by atoms with Crippen molar-refractivity contribution in [2.24, 2.45) is 0 Å². The van der Waals surface area contributed by atoms with Gasteiger partial charge in [-0.05, 0) is 12.1 Å².